The van der Waals surface area contributed by atoms with Gasteiger partial charge in [-0.1, -0.05) is 10.3 Å². The first kappa shape index (κ1) is 19.1. The Balaban J connectivity index is 1.54. The number of nitrogens with zero attached hydrogens (tertiary/aromatic N) is 3. The smallest absolute Gasteiger partial charge is 0.247 e. The average Bonchev–Trinajstić information content (AvgIpc) is 3.30. The van der Waals surface area contributed by atoms with Crippen molar-refractivity contribution in [2.45, 2.75) is 26.3 Å². The molecule has 28 heavy (non-hydrogen) atoms. The second kappa shape index (κ2) is 8.33. The highest BCUT2D eigenvalue weighted by Crippen LogP contribution is 2.19. The van der Waals surface area contributed by atoms with Gasteiger partial charge in [-0.15, -0.1) is 0 Å². The third-order valence-corrected chi connectivity index (χ3v) is 3.78. The molecule has 0 aliphatic carbocycles. The summed E-state index contributed by atoms with van der Waals surface area (Å²) in [7, 11) is 1.58. The molecule has 3 aromatic rings. The fourth-order valence-electron chi connectivity index (χ4n) is 2.34. The molecule has 146 valence electrons. The standard InChI is InChI=1S/C18H19N5O5/c1-10-8-14(22-27-10)20-18(25)11(2)19-15(24)9-16-21-17(23-28-16)12-4-6-13(26-3)7-5-12/h4-8,11H,9H2,1-3H3,(H,19,24)(H,20,22,25). The lowest BCUT2D eigenvalue weighted by molar-refractivity contribution is -0.126. The van der Waals surface area contributed by atoms with Gasteiger partial charge in [-0.2, -0.15) is 4.98 Å². The van der Waals surface area contributed by atoms with Crippen LogP contribution >= 0.6 is 0 Å². The number of nitrogens with one attached hydrogen (secondary N) is 2. The Morgan fingerprint density at radius 3 is 2.57 bits per heavy atom. The van der Waals surface area contributed by atoms with Gasteiger partial charge in [0.25, 0.3) is 0 Å². The van der Waals surface area contributed by atoms with Crippen molar-refractivity contribution < 1.29 is 23.4 Å². The molecule has 0 saturated heterocycles. The van der Waals surface area contributed by atoms with Crippen LogP contribution in [-0.4, -0.2) is 40.3 Å². The van der Waals surface area contributed by atoms with Crippen molar-refractivity contribution in [1.82, 2.24) is 20.6 Å². The van der Waals surface area contributed by atoms with Crippen molar-refractivity contribution in [3.63, 3.8) is 0 Å². The van der Waals surface area contributed by atoms with E-state index in [2.05, 4.69) is 25.9 Å². The Morgan fingerprint density at radius 1 is 1.18 bits per heavy atom. The van der Waals surface area contributed by atoms with E-state index in [1.807, 2.05) is 0 Å². The average molecular weight is 385 g/mol. The molecule has 0 radical (unpaired) electrons. The van der Waals surface area contributed by atoms with Gasteiger partial charge in [0.05, 0.1) is 7.11 Å². The van der Waals surface area contributed by atoms with Crippen molar-refractivity contribution in [3.8, 4) is 17.1 Å². The summed E-state index contributed by atoms with van der Waals surface area (Å²) in [5, 5.41) is 12.6. The molecule has 1 atom stereocenters. The van der Waals surface area contributed by atoms with Gasteiger partial charge in [-0.3, -0.25) is 9.59 Å². The van der Waals surface area contributed by atoms with Crippen LogP contribution in [0.5, 0.6) is 5.75 Å². The highest BCUT2D eigenvalue weighted by atomic mass is 16.5. The number of aryl methyl sites for hydroxylation is 1. The minimum absolute atomic E-state index is 0.142. The number of benzene rings is 1. The summed E-state index contributed by atoms with van der Waals surface area (Å²) in [6.07, 6.45) is -0.149. The van der Waals surface area contributed by atoms with Crippen molar-refractivity contribution in [2.24, 2.45) is 0 Å². The summed E-state index contributed by atoms with van der Waals surface area (Å²) in [4.78, 5) is 28.4. The van der Waals surface area contributed by atoms with E-state index in [0.717, 1.165) is 5.56 Å². The number of rotatable bonds is 7. The van der Waals surface area contributed by atoms with Gasteiger partial charge in [0.15, 0.2) is 5.82 Å². The Labute approximate surface area is 160 Å². The molecule has 0 saturated carbocycles. The first-order chi connectivity index (χ1) is 13.4. The molecule has 1 unspecified atom stereocenters. The van der Waals surface area contributed by atoms with E-state index in [9.17, 15) is 9.59 Å². The first-order valence-corrected chi connectivity index (χ1v) is 8.45. The summed E-state index contributed by atoms with van der Waals surface area (Å²) in [6, 6.07) is 7.90. The first-order valence-electron chi connectivity index (χ1n) is 8.45. The predicted molar refractivity (Wildman–Crippen MR) is 97.5 cm³/mol. The molecule has 3 rings (SSSR count). The van der Waals surface area contributed by atoms with Gasteiger partial charge in [0.2, 0.25) is 23.5 Å². The fraction of sp³-hybridized carbons (Fsp3) is 0.278. The van der Waals surface area contributed by atoms with Crippen molar-refractivity contribution in [3.05, 3.63) is 42.0 Å². The number of hydrogen-bond acceptors (Lipinski definition) is 8. The van der Waals surface area contributed by atoms with E-state index in [1.54, 1.807) is 51.3 Å². The minimum Gasteiger partial charge on any atom is -0.497 e. The molecular weight excluding hydrogens is 366 g/mol. The van der Waals surface area contributed by atoms with E-state index in [4.69, 9.17) is 13.8 Å². The van der Waals surface area contributed by atoms with Crippen LogP contribution < -0.4 is 15.4 Å². The Hall–Kier alpha value is -3.69. The molecule has 10 nitrogen and oxygen atoms in total. The molecule has 0 spiro atoms. The molecule has 0 fully saturated rings. The summed E-state index contributed by atoms with van der Waals surface area (Å²) in [6.45, 7) is 3.26. The highest BCUT2D eigenvalue weighted by molar-refractivity contribution is 5.96. The third-order valence-electron chi connectivity index (χ3n) is 3.78. The SMILES string of the molecule is COc1ccc(-c2noc(CC(=O)NC(C)C(=O)Nc3cc(C)on3)n2)cc1. The largest absolute Gasteiger partial charge is 0.497 e. The zero-order valence-corrected chi connectivity index (χ0v) is 15.6. The molecule has 2 heterocycles. The van der Waals surface area contributed by atoms with Crippen LogP contribution in [0.3, 0.4) is 0 Å². The van der Waals surface area contributed by atoms with Gasteiger partial charge < -0.3 is 24.4 Å². The molecule has 0 aliphatic heterocycles. The Kier molecular flexibility index (Phi) is 5.68. The fourth-order valence-corrected chi connectivity index (χ4v) is 2.34. The van der Waals surface area contributed by atoms with Crippen LogP contribution in [-0.2, 0) is 16.0 Å². The van der Waals surface area contributed by atoms with Crippen LogP contribution in [0, 0.1) is 6.92 Å². The number of carbonyl (C=O) groups excluding carboxylic acids is 2. The predicted octanol–water partition coefficient (Wildman–Crippen LogP) is 1.73. The number of aromatic nitrogens is 3. The second-order valence-corrected chi connectivity index (χ2v) is 6.02. The zero-order chi connectivity index (χ0) is 20.1. The van der Waals surface area contributed by atoms with Gasteiger partial charge in [-0.25, -0.2) is 0 Å². The summed E-state index contributed by atoms with van der Waals surface area (Å²) in [5.41, 5.74) is 0.729. The highest BCUT2D eigenvalue weighted by Gasteiger charge is 2.19. The molecule has 0 aliphatic rings. The lowest BCUT2D eigenvalue weighted by Crippen LogP contribution is -2.42. The maximum atomic E-state index is 12.1. The van der Waals surface area contributed by atoms with Crippen LogP contribution in [0.4, 0.5) is 5.82 Å². The lowest BCUT2D eigenvalue weighted by Gasteiger charge is -2.11. The number of carbonyl (C=O) groups is 2. The lowest BCUT2D eigenvalue weighted by atomic mass is 10.2. The maximum absolute atomic E-state index is 12.1. The van der Waals surface area contributed by atoms with Gasteiger partial charge in [0, 0.05) is 11.6 Å². The van der Waals surface area contributed by atoms with Crippen LogP contribution in [0.25, 0.3) is 11.4 Å². The molecule has 1 aromatic carbocycles. The number of ether oxygens (including phenoxy) is 1. The minimum atomic E-state index is -0.784. The van der Waals surface area contributed by atoms with E-state index in [1.165, 1.54) is 0 Å². The molecule has 10 heteroatoms. The van der Waals surface area contributed by atoms with E-state index >= 15 is 0 Å². The van der Waals surface area contributed by atoms with Gasteiger partial charge >= 0.3 is 0 Å². The summed E-state index contributed by atoms with van der Waals surface area (Å²) >= 11 is 0. The number of amides is 2. The summed E-state index contributed by atoms with van der Waals surface area (Å²) in [5.74, 6) is 1.20. The van der Waals surface area contributed by atoms with Crippen LogP contribution in [0.2, 0.25) is 0 Å². The van der Waals surface area contributed by atoms with Gasteiger partial charge in [-0.05, 0) is 38.1 Å². The zero-order valence-electron chi connectivity index (χ0n) is 15.6. The van der Waals surface area contributed by atoms with Gasteiger partial charge in [0.1, 0.15) is 24.0 Å². The topological polar surface area (TPSA) is 132 Å². The maximum Gasteiger partial charge on any atom is 0.247 e. The second-order valence-electron chi connectivity index (χ2n) is 6.02. The molecule has 0 bridgehead atoms. The molecular formula is C18H19N5O5. The number of anilines is 1. The monoisotopic (exact) mass is 385 g/mol. The molecule has 2 N–H and O–H groups in total. The van der Waals surface area contributed by atoms with Crippen molar-refractivity contribution in [2.75, 3.05) is 12.4 Å². The van der Waals surface area contributed by atoms with Crippen molar-refractivity contribution in [1.29, 1.82) is 0 Å². The Bertz CT molecular complexity index is 963. The molecule has 2 aromatic heterocycles. The summed E-state index contributed by atoms with van der Waals surface area (Å²) < 4.78 is 15.1. The Morgan fingerprint density at radius 2 is 1.93 bits per heavy atom. The number of methoxy groups -OCH3 is 1. The molecule has 2 amide bonds. The van der Waals surface area contributed by atoms with E-state index in [0.29, 0.717) is 17.3 Å². The number of hydrogen-bond donors (Lipinski definition) is 2. The quantitative estimate of drug-likeness (QED) is 0.628. The van der Waals surface area contributed by atoms with E-state index < -0.39 is 17.9 Å². The van der Waals surface area contributed by atoms with Crippen LogP contribution in [0.1, 0.15) is 18.6 Å². The third kappa shape index (κ3) is 4.72. The normalized spacial score (nSPS) is 11.7. The van der Waals surface area contributed by atoms with E-state index in [-0.39, 0.29) is 18.1 Å². The van der Waals surface area contributed by atoms with Crippen molar-refractivity contribution >= 4 is 17.6 Å². The van der Waals surface area contributed by atoms with Crippen LogP contribution in [0.15, 0.2) is 39.4 Å².